The van der Waals surface area contributed by atoms with E-state index in [-0.39, 0.29) is 5.75 Å². The number of carbonyl (C=O) groups excluding carboxylic acids is 1. The van der Waals surface area contributed by atoms with Crippen molar-refractivity contribution in [2.24, 2.45) is 0 Å². The van der Waals surface area contributed by atoms with E-state index in [9.17, 15) is 19.3 Å². The smallest absolute Gasteiger partial charge is 0.311 e. The summed E-state index contributed by atoms with van der Waals surface area (Å²) in [5, 5.41) is 15.5. The fourth-order valence-corrected chi connectivity index (χ4v) is 3.23. The Hall–Kier alpha value is -4.14. The predicted molar refractivity (Wildman–Crippen MR) is 112 cm³/mol. The van der Waals surface area contributed by atoms with Crippen LogP contribution in [0.15, 0.2) is 59.0 Å². The molecule has 158 valence electrons. The Morgan fingerprint density at radius 1 is 1.10 bits per heavy atom. The van der Waals surface area contributed by atoms with Crippen molar-refractivity contribution in [1.82, 2.24) is 0 Å². The second kappa shape index (κ2) is 7.94. The number of anilines is 1. The van der Waals surface area contributed by atoms with Gasteiger partial charge in [-0.3, -0.25) is 14.9 Å². The first-order valence-electron chi connectivity index (χ1n) is 9.28. The fourth-order valence-electron chi connectivity index (χ4n) is 3.23. The van der Waals surface area contributed by atoms with E-state index in [0.29, 0.717) is 22.6 Å². The van der Waals surface area contributed by atoms with Crippen LogP contribution in [0.3, 0.4) is 0 Å². The quantitative estimate of drug-likeness (QED) is 0.343. The molecule has 0 spiro atoms. The highest BCUT2D eigenvalue weighted by Gasteiger charge is 2.23. The molecule has 0 aliphatic carbocycles. The molecular weight excluding hydrogens is 407 g/mol. The van der Waals surface area contributed by atoms with Gasteiger partial charge in [-0.1, -0.05) is 18.2 Å². The molecule has 0 bridgehead atoms. The van der Waals surface area contributed by atoms with Crippen LogP contribution in [0.1, 0.15) is 6.92 Å². The molecule has 0 aliphatic heterocycles. The average molecular weight is 424 g/mol. The maximum absolute atomic E-state index is 13.5. The number of para-hydroxylation sites is 1. The van der Waals surface area contributed by atoms with Gasteiger partial charge >= 0.3 is 5.69 Å². The average Bonchev–Trinajstić information content (AvgIpc) is 3.10. The van der Waals surface area contributed by atoms with Gasteiger partial charge in [0.1, 0.15) is 22.7 Å². The maximum atomic E-state index is 13.5. The summed E-state index contributed by atoms with van der Waals surface area (Å²) in [6.45, 7) is 1.40. The molecule has 0 radical (unpaired) electrons. The minimum absolute atomic E-state index is 0.336. The number of fused-ring (bicyclic) bond motifs is 3. The van der Waals surface area contributed by atoms with Gasteiger partial charge in [-0.25, -0.2) is 4.39 Å². The Balaban J connectivity index is 1.61. The highest BCUT2D eigenvalue weighted by atomic mass is 19.1. The summed E-state index contributed by atoms with van der Waals surface area (Å²) < 4.78 is 30.1. The summed E-state index contributed by atoms with van der Waals surface area (Å²) in [6, 6.07) is 13.7. The molecule has 1 atom stereocenters. The molecule has 0 saturated heterocycles. The van der Waals surface area contributed by atoms with E-state index in [1.165, 1.54) is 14.0 Å². The molecule has 4 rings (SSSR count). The molecule has 1 heterocycles. The summed E-state index contributed by atoms with van der Waals surface area (Å²) in [5.74, 6) is -1.26. The largest absolute Gasteiger partial charge is 0.495 e. The van der Waals surface area contributed by atoms with Crippen molar-refractivity contribution in [3.8, 4) is 11.5 Å². The summed E-state index contributed by atoms with van der Waals surface area (Å²) >= 11 is 0. The Morgan fingerprint density at radius 2 is 1.87 bits per heavy atom. The maximum Gasteiger partial charge on any atom is 0.311 e. The molecule has 1 aromatic heterocycles. The third kappa shape index (κ3) is 3.85. The zero-order chi connectivity index (χ0) is 22.1. The van der Waals surface area contributed by atoms with Gasteiger partial charge in [-0.2, -0.15) is 0 Å². The summed E-state index contributed by atoms with van der Waals surface area (Å²) in [7, 11) is 1.47. The number of halogens is 1. The molecule has 0 fully saturated rings. The van der Waals surface area contributed by atoms with Gasteiger partial charge in [0.05, 0.1) is 17.7 Å². The van der Waals surface area contributed by atoms with E-state index in [2.05, 4.69) is 5.32 Å². The topological polar surface area (TPSA) is 104 Å². The Labute approximate surface area is 175 Å². The molecule has 0 aliphatic rings. The SMILES string of the molecule is COc1cc2c(cc1NC(=O)C(C)Oc1cc(F)ccc1[N+](=O)[O-])oc1ccccc12. The number of nitro benzene ring substituents is 1. The second-order valence-electron chi connectivity index (χ2n) is 6.77. The first-order valence-corrected chi connectivity index (χ1v) is 9.28. The summed E-state index contributed by atoms with van der Waals surface area (Å²) in [5.41, 5.74) is 1.13. The molecule has 4 aromatic rings. The number of nitro groups is 1. The van der Waals surface area contributed by atoms with Gasteiger partial charge in [0, 0.05) is 29.0 Å². The lowest BCUT2D eigenvalue weighted by molar-refractivity contribution is -0.386. The number of methoxy groups -OCH3 is 1. The van der Waals surface area contributed by atoms with Crippen LogP contribution in [0.2, 0.25) is 0 Å². The highest BCUT2D eigenvalue weighted by molar-refractivity contribution is 6.08. The van der Waals surface area contributed by atoms with E-state index >= 15 is 0 Å². The van der Waals surface area contributed by atoms with Gasteiger partial charge in [0.2, 0.25) is 5.75 Å². The number of nitrogens with one attached hydrogen (secondary N) is 1. The Morgan fingerprint density at radius 3 is 2.61 bits per heavy atom. The van der Waals surface area contributed by atoms with Crippen LogP contribution in [0.25, 0.3) is 21.9 Å². The van der Waals surface area contributed by atoms with Crippen LogP contribution in [0, 0.1) is 15.9 Å². The third-order valence-corrected chi connectivity index (χ3v) is 4.75. The summed E-state index contributed by atoms with van der Waals surface area (Å²) in [4.78, 5) is 23.1. The van der Waals surface area contributed by atoms with E-state index < -0.39 is 28.4 Å². The van der Waals surface area contributed by atoms with Crippen LogP contribution in [0.4, 0.5) is 15.8 Å². The lowest BCUT2D eigenvalue weighted by Gasteiger charge is -2.16. The number of nitrogens with zero attached hydrogens (tertiary/aromatic N) is 1. The molecule has 31 heavy (non-hydrogen) atoms. The number of hydrogen-bond acceptors (Lipinski definition) is 6. The fraction of sp³-hybridized carbons (Fsp3) is 0.136. The molecule has 1 amide bonds. The van der Waals surface area contributed by atoms with Crippen LogP contribution < -0.4 is 14.8 Å². The number of benzene rings is 3. The minimum atomic E-state index is -1.16. The molecule has 0 saturated carbocycles. The van der Waals surface area contributed by atoms with Crippen molar-refractivity contribution < 1.29 is 28.0 Å². The number of carbonyl (C=O) groups is 1. The van der Waals surface area contributed by atoms with Gasteiger partial charge in [-0.05, 0) is 25.1 Å². The van der Waals surface area contributed by atoms with Crippen LogP contribution in [0.5, 0.6) is 11.5 Å². The number of hydrogen-bond donors (Lipinski definition) is 1. The predicted octanol–water partition coefficient (Wildman–Crippen LogP) is 5.05. The normalized spacial score (nSPS) is 12.0. The molecule has 1 unspecified atom stereocenters. The second-order valence-corrected chi connectivity index (χ2v) is 6.77. The number of furan rings is 1. The van der Waals surface area contributed by atoms with Crippen molar-refractivity contribution in [3.05, 3.63) is 70.5 Å². The molecular formula is C22H17FN2O6. The molecule has 9 heteroatoms. The minimum Gasteiger partial charge on any atom is -0.495 e. The number of amides is 1. The van der Waals surface area contributed by atoms with Crippen molar-refractivity contribution in [3.63, 3.8) is 0 Å². The van der Waals surface area contributed by atoms with Crippen molar-refractivity contribution in [2.45, 2.75) is 13.0 Å². The molecule has 1 N–H and O–H groups in total. The van der Waals surface area contributed by atoms with Crippen LogP contribution >= 0.6 is 0 Å². The van der Waals surface area contributed by atoms with Gasteiger partial charge < -0.3 is 19.2 Å². The zero-order valence-electron chi connectivity index (χ0n) is 16.5. The zero-order valence-corrected chi connectivity index (χ0v) is 16.5. The van der Waals surface area contributed by atoms with Crippen molar-refractivity contribution in [2.75, 3.05) is 12.4 Å². The van der Waals surface area contributed by atoms with Gasteiger partial charge in [0.15, 0.2) is 6.10 Å². The number of rotatable bonds is 6. The number of ether oxygens (including phenoxy) is 2. The van der Waals surface area contributed by atoms with Crippen molar-refractivity contribution in [1.29, 1.82) is 0 Å². The Kier molecular flexibility index (Phi) is 5.16. The third-order valence-electron chi connectivity index (χ3n) is 4.75. The standard InChI is InChI=1S/C22H17FN2O6/c1-12(30-21-9-13(23)7-8-17(21)25(27)28)22(26)24-16-11-19-15(10-20(16)29-2)14-5-3-4-6-18(14)31-19/h3-12H,1-2H3,(H,24,26). The van der Waals surface area contributed by atoms with Crippen LogP contribution in [-0.4, -0.2) is 24.0 Å². The monoisotopic (exact) mass is 424 g/mol. The first kappa shape index (κ1) is 20.1. The van der Waals surface area contributed by atoms with Crippen molar-refractivity contribution >= 4 is 39.2 Å². The van der Waals surface area contributed by atoms with Gasteiger partial charge in [-0.15, -0.1) is 0 Å². The van der Waals surface area contributed by atoms with Gasteiger partial charge in [0.25, 0.3) is 5.91 Å². The van der Waals surface area contributed by atoms with E-state index in [1.807, 2.05) is 24.3 Å². The lowest BCUT2D eigenvalue weighted by atomic mass is 10.1. The van der Waals surface area contributed by atoms with Crippen LogP contribution in [-0.2, 0) is 4.79 Å². The van der Waals surface area contributed by atoms with E-state index in [1.54, 1.807) is 12.1 Å². The van der Waals surface area contributed by atoms with E-state index in [0.717, 1.165) is 29.0 Å². The van der Waals surface area contributed by atoms with E-state index in [4.69, 9.17) is 13.9 Å². The summed E-state index contributed by atoms with van der Waals surface area (Å²) in [6.07, 6.45) is -1.16. The molecule has 8 nitrogen and oxygen atoms in total. The Bertz CT molecular complexity index is 1320. The first-order chi connectivity index (χ1) is 14.9. The molecule has 3 aromatic carbocycles. The highest BCUT2D eigenvalue weighted by Crippen LogP contribution is 2.36. The lowest BCUT2D eigenvalue weighted by Crippen LogP contribution is -2.30.